The molecule has 1 aliphatic heterocycles. The van der Waals surface area contributed by atoms with Crippen LogP contribution in [-0.4, -0.2) is 19.4 Å². The zero-order valence-electron chi connectivity index (χ0n) is 7.88. The highest BCUT2D eigenvalue weighted by Gasteiger charge is 2.24. The van der Waals surface area contributed by atoms with Crippen LogP contribution in [0.1, 0.15) is 16.8 Å². The smallest absolute Gasteiger partial charge is 0.166 e. The molecule has 0 aromatic heterocycles. The van der Waals surface area contributed by atoms with Gasteiger partial charge < -0.3 is 10.6 Å². The average molecular weight is 194 g/mol. The second kappa shape index (κ2) is 2.97. The van der Waals surface area contributed by atoms with E-state index in [1.54, 1.807) is 11.9 Å². The van der Waals surface area contributed by atoms with E-state index in [1.807, 2.05) is 0 Å². The minimum absolute atomic E-state index is 0.0377. The number of ketones is 1. The van der Waals surface area contributed by atoms with Gasteiger partial charge in [-0.25, -0.2) is 4.39 Å². The number of hydrogen-bond acceptors (Lipinski definition) is 3. The highest BCUT2D eigenvalue weighted by atomic mass is 19.1. The van der Waals surface area contributed by atoms with Crippen molar-refractivity contribution in [3.8, 4) is 0 Å². The lowest BCUT2D eigenvalue weighted by Crippen LogP contribution is -2.29. The van der Waals surface area contributed by atoms with E-state index in [0.29, 0.717) is 29.9 Å². The second-order valence-electron chi connectivity index (χ2n) is 3.49. The standard InChI is InChI=1S/C10H11FN2O/c1-13-3-2-9(14)7-4-6(12)5-8(11)10(7)13/h4-5H,2-3,12H2,1H3. The van der Waals surface area contributed by atoms with Crippen molar-refractivity contribution in [3.63, 3.8) is 0 Å². The summed E-state index contributed by atoms with van der Waals surface area (Å²) < 4.78 is 13.5. The Hall–Kier alpha value is -1.58. The predicted molar refractivity (Wildman–Crippen MR) is 53.0 cm³/mol. The molecule has 0 amide bonds. The minimum Gasteiger partial charge on any atom is -0.399 e. The Kier molecular flexibility index (Phi) is 1.91. The van der Waals surface area contributed by atoms with E-state index in [4.69, 9.17) is 5.73 Å². The molecular formula is C10H11FN2O. The average Bonchev–Trinajstić information content (AvgIpc) is 2.10. The van der Waals surface area contributed by atoms with E-state index in [1.165, 1.54) is 12.1 Å². The van der Waals surface area contributed by atoms with Crippen LogP contribution in [0.15, 0.2) is 12.1 Å². The number of nitrogen functional groups attached to an aromatic ring is 1. The summed E-state index contributed by atoms with van der Waals surface area (Å²) in [6.45, 7) is 0.562. The molecule has 0 spiro atoms. The number of fused-ring (bicyclic) bond motifs is 1. The van der Waals surface area contributed by atoms with Crippen LogP contribution in [-0.2, 0) is 0 Å². The number of nitrogens with zero attached hydrogens (tertiary/aromatic N) is 1. The number of rotatable bonds is 0. The van der Waals surface area contributed by atoms with Crippen LogP contribution in [0.3, 0.4) is 0 Å². The van der Waals surface area contributed by atoms with Crippen molar-refractivity contribution in [2.24, 2.45) is 0 Å². The Bertz CT molecular complexity index is 403. The molecular weight excluding hydrogens is 183 g/mol. The molecule has 1 aromatic rings. The van der Waals surface area contributed by atoms with E-state index in [-0.39, 0.29) is 5.78 Å². The highest BCUT2D eigenvalue weighted by Crippen LogP contribution is 2.30. The molecule has 0 atom stereocenters. The number of halogens is 1. The largest absolute Gasteiger partial charge is 0.399 e. The summed E-state index contributed by atoms with van der Waals surface area (Å²) in [5, 5.41) is 0. The molecule has 0 fully saturated rings. The van der Waals surface area contributed by atoms with Gasteiger partial charge in [-0.15, -0.1) is 0 Å². The maximum Gasteiger partial charge on any atom is 0.166 e. The predicted octanol–water partition coefficient (Wildman–Crippen LogP) is 1.43. The molecule has 1 aromatic carbocycles. The number of carbonyl (C=O) groups excluding carboxylic acids is 1. The Morgan fingerprint density at radius 2 is 2.21 bits per heavy atom. The molecule has 3 nitrogen and oxygen atoms in total. The van der Waals surface area contributed by atoms with Crippen molar-refractivity contribution in [2.75, 3.05) is 24.2 Å². The first-order valence-electron chi connectivity index (χ1n) is 4.43. The fourth-order valence-corrected chi connectivity index (χ4v) is 1.74. The van der Waals surface area contributed by atoms with E-state index in [9.17, 15) is 9.18 Å². The molecule has 4 heteroatoms. The number of hydrogen-bond donors (Lipinski definition) is 1. The lowest BCUT2D eigenvalue weighted by Gasteiger charge is -2.27. The highest BCUT2D eigenvalue weighted by molar-refractivity contribution is 6.04. The zero-order valence-corrected chi connectivity index (χ0v) is 7.88. The van der Waals surface area contributed by atoms with Gasteiger partial charge in [-0.1, -0.05) is 0 Å². The van der Waals surface area contributed by atoms with E-state index >= 15 is 0 Å². The molecule has 2 rings (SSSR count). The first-order valence-corrected chi connectivity index (χ1v) is 4.43. The molecule has 1 heterocycles. The van der Waals surface area contributed by atoms with E-state index < -0.39 is 5.82 Å². The van der Waals surface area contributed by atoms with Crippen molar-refractivity contribution < 1.29 is 9.18 Å². The van der Waals surface area contributed by atoms with Crippen LogP contribution in [0.25, 0.3) is 0 Å². The van der Waals surface area contributed by atoms with Crippen LogP contribution < -0.4 is 10.6 Å². The quantitative estimate of drug-likeness (QED) is 0.635. The topological polar surface area (TPSA) is 46.3 Å². The molecule has 14 heavy (non-hydrogen) atoms. The number of benzene rings is 1. The maximum absolute atomic E-state index is 13.5. The fraction of sp³-hybridized carbons (Fsp3) is 0.300. The summed E-state index contributed by atoms with van der Waals surface area (Å²) in [7, 11) is 1.77. The lowest BCUT2D eigenvalue weighted by atomic mass is 10.00. The second-order valence-corrected chi connectivity index (χ2v) is 3.49. The molecule has 2 N–H and O–H groups in total. The number of Topliss-reactive ketones (excluding diaryl/α,β-unsaturated/α-hetero) is 1. The third-order valence-corrected chi connectivity index (χ3v) is 2.44. The molecule has 0 bridgehead atoms. The summed E-state index contributed by atoms with van der Waals surface area (Å²) in [6.07, 6.45) is 0.423. The third kappa shape index (κ3) is 1.23. The van der Waals surface area contributed by atoms with Gasteiger partial charge in [0, 0.05) is 31.3 Å². The van der Waals surface area contributed by atoms with Gasteiger partial charge in [0.05, 0.1) is 5.69 Å². The van der Waals surface area contributed by atoms with Gasteiger partial charge in [0.15, 0.2) is 5.78 Å². The molecule has 74 valence electrons. The Morgan fingerprint density at radius 1 is 1.50 bits per heavy atom. The van der Waals surface area contributed by atoms with Crippen LogP contribution >= 0.6 is 0 Å². The van der Waals surface area contributed by atoms with Crippen molar-refractivity contribution >= 4 is 17.2 Å². The number of carbonyl (C=O) groups is 1. The summed E-state index contributed by atoms with van der Waals surface area (Å²) >= 11 is 0. The lowest BCUT2D eigenvalue weighted by molar-refractivity contribution is 0.0980. The zero-order chi connectivity index (χ0) is 10.3. The van der Waals surface area contributed by atoms with Crippen molar-refractivity contribution in [1.82, 2.24) is 0 Å². The summed E-state index contributed by atoms with van der Waals surface area (Å²) in [5.74, 6) is -0.458. The molecule has 0 aliphatic carbocycles. The van der Waals surface area contributed by atoms with Gasteiger partial charge in [0.25, 0.3) is 0 Å². The maximum atomic E-state index is 13.5. The van der Waals surface area contributed by atoms with Gasteiger partial charge in [-0.3, -0.25) is 4.79 Å². The summed E-state index contributed by atoms with van der Waals surface area (Å²) in [4.78, 5) is 13.2. The molecule has 0 radical (unpaired) electrons. The van der Waals surface area contributed by atoms with Gasteiger partial charge in [0.2, 0.25) is 0 Å². The van der Waals surface area contributed by atoms with Crippen molar-refractivity contribution in [2.45, 2.75) is 6.42 Å². The van der Waals surface area contributed by atoms with Gasteiger partial charge in [0.1, 0.15) is 5.82 Å². The van der Waals surface area contributed by atoms with Crippen LogP contribution in [0.2, 0.25) is 0 Å². The van der Waals surface area contributed by atoms with Gasteiger partial charge in [-0.05, 0) is 12.1 Å². The summed E-state index contributed by atoms with van der Waals surface area (Å²) in [5.41, 5.74) is 6.55. The first kappa shape index (κ1) is 8.99. The Balaban J connectivity index is 2.66. The number of anilines is 2. The van der Waals surface area contributed by atoms with Gasteiger partial charge in [-0.2, -0.15) is 0 Å². The molecule has 0 saturated heterocycles. The normalized spacial score (nSPS) is 15.6. The van der Waals surface area contributed by atoms with Crippen molar-refractivity contribution in [1.29, 1.82) is 0 Å². The third-order valence-electron chi connectivity index (χ3n) is 2.44. The number of nitrogens with two attached hydrogens (primary N) is 1. The Labute approximate surface area is 81.3 Å². The van der Waals surface area contributed by atoms with Gasteiger partial charge >= 0.3 is 0 Å². The summed E-state index contributed by atoms with van der Waals surface area (Å²) in [6, 6.07) is 2.78. The molecule has 0 saturated carbocycles. The van der Waals surface area contributed by atoms with Crippen LogP contribution in [0, 0.1) is 5.82 Å². The monoisotopic (exact) mass is 194 g/mol. The minimum atomic E-state index is -0.421. The molecule has 1 aliphatic rings. The SMILES string of the molecule is CN1CCC(=O)c2cc(N)cc(F)c21. The fourth-order valence-electron chi connectivity index (χ4n) is 1.74. The van der Waals surface area contributed by atoms with Crippen LogP contribution in [0.4, 0.5) is 15.8 Å². The van der Waals surface area contributed by atoms with Crippen LogP contribution in [0.5, 0.6) is 0 Å². The van der Waals surface area contributed by atoms with Crippen molar-refractivity contribution in [3.05, 3.63) is 23.5 Å². The Morgan fingerprint density at radius 3 is 2.93 bits per heavy atom. The first-order chi connectivity index (χ1) is 6.59. The van der Waals surface area contributed by atoms with E-state index in [0.717, 1.165) is 0 Å². The molecule has 0 unspecified atom stereocenters. The van der Waals surface area contributed by atoms with E-state index in [2.05, 4.69) is 0 Å².